The van der Waals surface area contributed by atoms with Gasteiger partial charge < -0.3 is 108 Å². The molecule has 1 aliphatic rings. The Morgan fingerprint density at radius 1 is 0.562 bits per heavy atom. The molecular weight excluding hydrogens is 1250 g/mol. The maximum atomic E-state index is 14.7. The van der Waals surface area contributed by atoms with Crippen molar-refractivity contribution in [2.75, 3.05) is 39.3 Å². The van der Waals surface area contributed by atoms with Crippen LogP contribution in [0.5, 0.6) is 5.75 Å². The molecule has 2 aromatic rings. The molecule has 0 spiro atoms. The van der Waals surface area contributed by atoms with Gasteiger partial charge >= 0.3 is 0 Å². The Hall–Kier alpha value is -8.40. The zero-order valence-corrected chi connectivity index (χ0v) is 55.8. The van der Waals surface area contributed by atoms with E-state index < -0.39 is 163 Å². The van der Waals surface area contributed by atoms with Crippen molar-refractivity contribution in [3.63, 3.8) is 0 Å². The highest BCUT2D eigenvalue weighted by Gasteiger charge is 2.38. The topological polar surface area (TPSA) is 540 Å². The largest absolute Gasteiger partial charge is 0.508 e. The average Bonchev–Trinajstić information content (AvgIpc) is 1.04. The van der Waals surface area contributed by atoms with E-state index in [4.69, 9.17) is 28.7 Å². The highest BCUT2D eigenvalue weighted by Crippen LogP contribution is 2.14. The second-order valence-electron chi connectivity index (χ2n) is 24.4. The van der Waals surface area contributed by atoms with Crippen LogP contribution < -0.4 is 92.5 Å². The number of carbonyl (C=O) groups excluding carboxylic acids is 12. The molecule has 1 aliphatic heterocycles. The van der Waals surface area contributed by atoms with E-state index in [0.717, 1.165) is 32.6 Å². The fraction of sp³-hybridized carbons (Fsp3) is 0.625. The minimum Gasteiger partial charge on any atom is -0.508 e. The van der Waals surface area contributed by atoms with Crippen molar-refractivity contribution in [2.24, 2.45) is 34.6 Å². The van der Waals surface area contributed by atoms with Gasteiger partial charge in [-0.25, -0.2) is 0 Å². The van der Waals surface area contributed by atoms with Crippen molar-refractivity contribution in [1.29, 1.82) is 0 Å². The summed E-state index contributed by atoms with van der Waals surface area (Å²) < 4.78 is 0. The van der Waals surface area contributed by atoms with Crippen LogP contribution in [0.25, 0.3) is 0 Å². The number of hydrogen-bond donors (Lipinski definition) is 20. The van der Waals surface area contributed by atoms with Gasteiger partial charge in [0.1, 0.15) is 66.2 Å². The van der Waals surface area contributed by atoms with Crippen molar-refractivity contribution in [3.8, 4) is 5.75 Å². The molecule has 0 aromatic heterocycles. The van der Waals surface area contributed by atoms with Gasteiger partial charge in [-0.15, -0.1) is 0 Å². The van der Waals surface area contributed by atoms with E-state index in [-0.39, 0.29) is 102 Å². The Kier molecular flexibility index (Phi) is 37.2. The summed E-state index contributed by atoms with van der Waals surface area (Å²) in [5, 5.41) is 62.3. The van der Waals surface area contributed by atoms with Crippen LogP contribution >= 0.6 is 0 Å². The second kappa shape index (κ2) is 43.6. The minimum absolute atomic E-state index is 0.00441. The van der Waals surface area contributed by atoms with E-state index in [1.54, 1.807) is 56.3 Å². The van der Waals surface area contributed by atoms with Crippen LogP contribution in [0.3, 0.4) is 0 Å². The van der Waals surface area contributed by atoms with E-state index in [2.05, 4.69) is 70.7 Å². The van der Waals surface area contributed by atoms with Gasteiger partial charge in [-0.1, -0.05) is 88.9 Å². The molecule has 0 aliphatic carbocycles. The van der Waals surface area contributed by atoms with Crippen LogP contribution in [-0.4, -0.2) is 204 Å². The van der Waals surface area contributed by atoms with Crippen molar-refractivity contribution in [2.45, 2.75) is 210 Å². The number of nitrogens with two attached hydrogens (primary N) is 5. The van der Waals surface area contributed by atoms with Gasteiger partial charge in [-0.3, -0.25) is 57.5 Å². The summed E-state index contributed by atoms with van der Waals surface area (Å²) in [6, 6.07) is -2.17. The summed E-state index contributed by atoms with van der Waals surface area (Å²) in [4.78, 5) is 169. The summed E-state index contributed by atoms with van der Waals surface area (Å²) in [5.41, 5.74) is 31.1. The second-order valence-corrected chi connectivity index (χ2v) is 24.4. The molecular formula is C64H105N17O15. The number of hydrogen-bond acceptors (Lipinski definition) is 20. The molecule has 536 valence electrons. The summed E-state index contributed by atoms with van der Waals surface area (Å²) in [5.74, 6) is -11.2. The number of aromatic hydroxyl groups is 1. The lowest BCUT2D eigenvalue weighted by molar-refractivity contribution is -0.137. The fourth-order valence-corrected chi connectivity index (χ4v) is 10.3. The predicted molar refractivity (Wildman–Crippen MR) is 355 cm³/mol. The first-order chi connectivity index (χ1) is 45.7. The molecule has 32 nitrogen and oxygen atoms in total. The number of benzene rings is 2. The smallest absolute Gasteiger partial charge is 0.245 e. The van der Waals surface area contributed by atoms with Crippen LogP contribution in [0.4, 0.5) is 0 Å². The van der Waals surface area contributed by atoms with Crippen molar-refractivity contribution < 1.29 is 72.9 Å². The quantitative estimate of drug-likeness (QED) is 0.0297. The van der Waals surface area contributed by atoms with Gasteiger partial charge in [-0.05, 0) is 127 Å². The number of carbonyl (C=O) groups is 12. The minimum atomic E-state index is -1.80. The third-order valence-electron chi connectivity index (χ3n) is 15.7. The van der Waals surface area contributed by atoms with Crippen molar-refractivity contribution in [1.82, 2.24) is 63.8 Å². The Labute approximate surface area is 560 Å². The molecule has 2 aromatic carbocycles. The highest BCUT2D eigenvalue weighted by atomic mass is 16.3. The number of rotatable bonds is 33. The van der Waals surface area contributed by atoms with E-state index in [0.29, 0.717) is 17.5 Å². The summed E-state index contributed by atoms with van der Waals surface area (Å²) >= 11 is 0. The molecule has 25 N–H and O–H groups in total. The highest BCUT2D eigenvalue weighted by molar-refractivity contribution is 5.99. The van der Waals surface area contributed by atoms with E-state index in [1.807, 2.05) is 0 Å². The first-order valence-corrected chi connectivity index (χ1v) is 33.0. The van der Waals surface area contributed by atoms with Crippen LogP contribution in [0.2, 0.25) is 0 Å². The molecule has 1 fully saturated rings. The van der Waals surface area contributed by atoms with Crippen LogP contribution in [-0.2, 0) is 70.4 Å². The van der Waals surface area contributed by atoms with Crippen LogP contribution in [0, 0.1) is 5.92 Å². The fourth-order valence-electron chi connectivity index (χ4n) is 10.3. The average molecular weight is 1350 g/mol. The van der Waals surface area contributed by atoms with Gasteiger partial charge in [0.25, 0.3) is 0 Å². The molecule has 3 rings (SSSR count). The summed E-state index contributed by atoms with van der Waals surface area (Å²) in [7, 11) is 0. The first-order valence-electron chi connectivity index (χ1n) is 33.0. The predicted octanol–water partition coefficient (Wildman–Crippen LogP) is -5.06. The van der Waals surface area contributed by atoms with Gasteiger partial charge in [0, 0.05) is 25.9 Å². The van der Waals surface area contributed by atoms with Gasteiger partial charge in [0.05, 0.1) is 18.2 Å². The lowest BCUT2D eigenvalue weighted by atomic mass is 10.00. The molecule has 13 atom stereocenters. The number of unbranched alkanes of at least 4 members (excludes halogenated alkanes) is 4. The van der Waals surface area contributed by atoms with Crippen molar-refractivity contribution in [3.05, 3.63) is 65.7 Å². The Morgan fingerprint density at radius 2 is 1.09 bits per heavy atom. The molecule has 0 bridgehead atoms. The monoisotopic (exact) mass is 1350 g/mol. The third-order valence-corrected chi connectivity index (χ3v) is 15.7. The third kappa shape index (κ3) is 29.3. The number of amides is 12. The van der Waals surface area contributed by atoms with Gasteiger partial charge in [0.15, 0.2) is 0 Å². The summed E-state index contributed by atoms with van der Waals surface area (Å²) in [6.45, 7) is 6.41. The SMILES string of the molecule is CCCCCCCC(=O)N[C@@H](CCN)C(=O)N[C@H](C(=O)N[C@@H](CCN)C(=O)N[C@H]1CCNC(=O)[C@H]([C@@H](C)O)NC(=O)[C@H](CCNC(=O)[C@@H](N)Cc2ccc(O)cc2)NC(=O)[C@H](CCN)NC(=O)[C@H](CC(C)C)NC(=O)[C@@H](Cc2ccccc2)NC(=O)[C@H](CCN)NC1=O)[C@@H](C)O. The number of aliphatic hydroxyl groups is 2. The zero-order chi connectivity index (χ0) is 71.4. The van der Waals surface area contributed by atoms with Gasteiger partial charge in [0.2, 0.25) is 70.9 Å². The Bertz CT molecular complexity index is 2840. The molecule has 1 heterocycles. The maximum Gasteiger partial charge on any atom is 0.245 e. The zero-order valence-electron chi connectivity index (χ0n) is 55.8. The number of aliphatic hydroxyl groups excluding tert-OH is 2. The molecule has 96 heavy (non-hydrogen) atoms. The van der Waals surface area contributed by atoms with E-state index in [9.17, 15) is 72.9 Å². The van der Waals surface area contributed by atoms with E-state index in [1.165, 1.54) is 19.1 Å². The Balaban J connectivity index is 2.12. The molecule has 12 amide bonds. The Morgan fingerprint density at radius 3 is 1.66 bits per heavy atom. The van der Waals surface area contributed by atoms with Crippen LogP contribution in [0.15, 0.2) is 54.6 Å². The lowest BCUT2D eigenvalue weighted by Gasteiger charge is -2.29. The van der Waals surface area contributed by atoms with E-state index >= 15 is 0 Å². The van der Waals surface area contributed by atoms with Crippen LogP contribution in [0.1, 0.15) is 129 Å². The van der Waals surface area contributed by atoms with Gasteiger partial charge in [-0.2, -0.15) is 0 Å². The number of phenols is 1. The normalized spacial score (nSPS) is 21.5. The molecule has 0 saturated carbocycles. The molecule has 32 heteroatoms. The maximum absolute atomic E-state index is 14.7. The lowest BCUT2D eigenvalue weighted by Crippen LogP contribution is -2.62. The first kappa shape index (κ1) is 81.8. The molecule has 0 unspecified atom stereocenters. The molecule has 1 saturated heterocycles. The number of phenolic OH excluding ortho intramolecular Hbond substituents is 1. The van der Waals surface area contributed by atoms with Crippen molar-refractivity contribution >= 4 is 70.9 Å². The number of nitrogens with one attached hydrogen (secondary N) is 12. The molecule has 0 radical (unpaired) electrons. The standard InChI is InChI=1S/C64H105N17O15/c1-6-7-8-9-13-16-51(85)72-43(21-27-65)59(91)81-53(38(5)83)64(96)77-46(24-30-68)56(88)75-47-26-32-71-63(95)52(37(4)82)80-60(92)48(25-31-70-54(86)42(69)34-40-17-19-41(84)20-18-40)76-55(87)44(22-28-66)74-61(93)49(33-36(2)3)78-62(94)50(35-39-14-11-10-12-15-39)79-57(89)45(23-29-67)73-58(47)90/h10-12,14-15,17-20,36-38,42-50,52-53,82-84H,6-9,13,16,21-35,65-69H2,1-5H3,(H,70,86)(H,71,95)(H,72,85)(H,73,90)(H,74,93)(H,75,88)(H,76,87)(H,77,96)(H,78,94)(H,79,89)(H,80,92)(H,81,91)/t37-,38-,42+,43+,44+,45+,46+,47+,48+,49+,50-,52+,53+/m1/s1. The summed E-state index contributed by atoms with van der Waals surface area (Å²) in [6.07, 6.45) is -0.634.